The van der Waals surface area contributed by atoms with Crippen LogP contribution in [0.2, 0.25) is 0 Å². The molecule has 0 amide bonds. The zero-order valence-electron chi connectivity index (χ0n) is 8.10. The lowest BCUT2D eigenvalue weighted by molar-refractivity contribution is 0.265. The zero-order chi connectivity index (χ0) is 9.02. The molecule has 0 heterocycles. The van der Waals surface area contributed by atoms with Crippen molar-refractivity contribution in [2.24, 2.45) is 5.92 Å². The molecule has 0 aromatic carbocycles. The van der Waals surface area contributed by atoms with Crippen LogP contribution in [0.4, 0.5) is 0 Å². The summed E-state index contributed by atoms with van der Waals surface area (Å²) >= 11 is 0. The zero-order valence-corrected chi connectivity index (χ0v) is 8.10. The number of rotatable bonds is 3. The van der Waals surface area contributed by atoms with Gasteiger partial charge in [0.1, 0.15) is 5.84 Å². The minimum Gasteiger partial charge on any atom is -0.294 e. The predicted octanol–water partition coefficient (Wildman–Crippen LogP) is 1.46. The Morgan fingerprint density at radius 3 is 1.82 bits per heavy atom. The molecule has 0 saturated heterocycles. The van der Waals surface area contributed by atoms with Crippen LogP contribution in [0.5, 0.6) is 0 Å². The van der Waals surface area contributed by atoms with Gasteiger partial charge in [-0.2, -0.15) is 0 Å². The van der Waals surface area contributed by atoms with Crippen LogP contribution in [0.15, 0.2) is 0 Å². The van der Waals surface area contributed by atoms with E-state index in [1.165, 1.54) is 0 Å². The third kappa shape index (κ3) is 2.89. The average molecular weight is 157 g/mol. The van der Waals surface area contributed by atoms with E-state index in [1.54, 1.807) is 0 Å². The van der Waals surface area contributed by atoms with E-state index in [0.29, 0.717) is 11.9 Å². The molecule has 0 radical (unpaired) electrons. The Morgan fingerprint density at radius 1 is 1.27 bits per heavy atom. The third-order valence-electron chi connectivity index (χ3n) is 1.56. The number of nitrogens with zero attached hydrogens (tertiary/aromatic N) is 1. The van der Waals surface area contributed by atoms with Crippen molar-refractivity contribution in [2.45, 2.75) is 33.7 Å². The lowest BCUT2D eigenvalue weighted by Crippen LogP contribution is -2.46. The number of hydrazine groups is 1. The molecule has 3 heteroatoms. The van der Waals surface area contributed by atoms with Gasteiger partial charge >= 0.3 is 0 Å². The van der Waals surface area contributed by atoms with E-state index in [0.717, 1.165) is 0 Å². The third-order valence-corrected chi connectivity index (χ3v) is 1.56. The Balaban J connectivity index is 4.15. The van der Waals surface area contributed by atoms with Crippen LogP contribution in [0.3, 0.4) is 0 Å². The Morgan fingerprint density at radius 2 is 1.73 bits per heavy atom. The highest BCUT2D eigenvalue weighted by molar-refractivity contribution is 5.80. The van der Waals surface area contributed by atoms with Gasteiger partial charge in [0.2, 0.25) is 0 Å². The van der Waals surface area contributed by atoms with Crippen LogP contribution < -0.4 is 5.43 Å². The molecule has 11 heavy (non-hydrogen) atoms. The molecule has 0 saturated carbocycles. The van der Waals surface area contributed by atoms with Gasteiger partial charge in [-0.25, -0.2) is 5.43 Å². The normalized spacial score (nSPS) is 10.8. The highest BCUT2D eigenvalue weighted by Gasteiger charge is 2.13. The van der Waals surface area contributed by atoms with Crippen molar-refractivity contribution in [2.75, 3.05) is 7.05 Å². The minimum atomic E-state index is 0.282. The number of amidine groups is 1. The topological polar surface area (TPSA) is 39.1 Å². The first-order valence-electron chi connectivity index (χ1n) is 4.05. The average Bonchev–Trinajstić information content (AvgIpc) is 1.88. The maximum absolute atomic E-state index is 7.69. The molecule has 3 nitrogen and oxygen atoms in total. The predicted molar refractivity (Wildman–Crippen MR) is 48.6 cm³/mol. The molecule has 0 aliphatic carbocycles. The van der Waals surface area contributed by atoms with Crippen molar-refractivity contribution >= 4 is 5.84 Å². The van der Waals surface area contributed by atoms with E-state index in [1.807, 2.05) is 25.9 Å². The molecule has 0 rings (SSSR count). The van der Waals surface area contributed by atoms with E-state index >= 15 is 0 Å². The molecule has 0 aromatic rings. The quantitative estimate of drug-likeness (QED) is 0.370. The second-order valence-electron chi connectivity index (χ2n) is 3.23. The van der Waals surface area contributed by atoms with E-state index in [-0.39, 0.29) is 5.92 Å². The molecular formula is C8H19N3. The highest BCUT2D eigenvalue weighted by atomic mass is 15.5. The molecule has 0 aliphatic heterocycles. The van der Waals surface area contributed by atoms with Crippen molar-refractivity contribution in [1.82, 2.24) is 10.4 Å². The first-order valence-corrected chi connectivity index (χ1v) is 4.05. The van der Waals surface area contributed by atoms with Crippen molar-refractivity contribution in [3.63, 3.8) is 0 Å². The Kier molecular flexibility index (Phi) is 4.11. The van der Waals surface area contributed by atoms with Gasteiger partial charge in [-0.05, 0) is 13.8 Å². The summed E-state index contributed by atoms with van der Waals surface area (Å²) in [5.74, 6) is 0.923. The van der Waals surface area contributed by atoms with Crippen molar-refractivity contribution < 1.29 is 0 Å². The highest BCUT2D eigenvalue weighted by Crippen LogP contribution is 2.02. The minimum absolute atomic E-state index is 0.282. The van der Waals surface area contributed by atoms with Crippen molar-refractivity contribution in [1.29, 1.82) is 5.41 Å². The Bertz CT molecular complexity index is 129. The summed E-state index contributed by atoms with van der Waals surface area (Å²) < 4.78 is 0. The van der Waals surface area contributed by atoms with Crippen LogP contribution in [-0.4, -0.2) is 23.9 Å². The molecular weight excluding hydrogens is 138 g/mol. The molecule has 0 spiro atoms. The second kappa shape index (κ2) is 4.34. The van der Waals surface area contributed by atoms with Gasteiger partial charge in [0.25, 0.3) is 0 Å². The van der Waals surface area contributed by atoms with Crippen molar-refractivity contribution in [3.05, 3.63) is 0 Å². The van der Waals surface area contributed by atoms with Gasteiger partial charge in [-0.15, -0.1) is 0 Å². The van der Waals surface area contributed by atoms with Gasteiger partial charge < -0.3 is 0 Å². The van der Waals surface area contributed by atoms with Crippen LogP contribution in [0, 0.1) is 11.3 Å². The maximum atomic E-state index is 7.69. The molecule has 0 aliphatic rings. The lowest BCUT2D eigenvalue weighted by atomic mass is 10.2. The molecule has 0 fully saturated rings. The maximum Gasteiger partial charge on any atom is 0.113 e. The Labute approximate surface area is 69.3 Å². The molecule has 0 unspecified atom stereocenters. The molecule has 0 bridgehead atoms. The summed E-state index contributed by atoms with van der Waals surface area (Å²) in [6.07, 6.45) is 0. The Hall–Kier alpha value is -0.570. The molecule has 66 valence electrons. The first-order chi connectivity index (χ1) is 5.00. The fourth-order valence-electron chi connectivity index (χ4n) is 0.935. The van der Waals surface area contributed by atoms with Gasteiger partial charge in [-0.1, -0.05) is 13.8 Å². The second-order valence-corrected chi connectivity index (χ2v) is 3.23. The van der Waals surface area contributed by atoms with E-state index < -0.39 is 0 Å². The molecule has 2 N–H and O–H groups in total. The van der Waals surface area contributed by atoms with E-state index in [2.05, 4.69) is 19.3 Å². The smallest absolute Gasteiger partial charge is 0.113 e. The summed E-state index contributed by atoms with van der Waals surface area (Å²) in [6, 6.07) is 0.342. The summed E-state index contributed by atoms with van der Waals surface area (Å²) in [4.78, 5) is 0. The van der Waals surface area contributed by atoms with Gasteiger partial charge in [0, 0.05) is 19.0 Å². The lowest BCUT2D eigenvalue weighted by Gasteiger charge is -2.29. The molecule has 0 aromatic heterocycles. The fraction of sp³-hybridized carbons (Fsp3) is 0.875. The van der Waals surface area contributed by atoms with Crippen LogP contribution in [0.25, 0.3) is 0 Å². The van der Waals surface area contributed by atoms with Gasteiger partial charge in [0.05, 0.1) is 0 Å². The summed E-state index contributed by atoms with van der Waals surface area (Å²) in [5, 5.41) is 9.56. The number of nitrogens with one attached hydrogen (secondary N) is 2. The monoisotopic (exact) mass is 157 g/mol. The molecule has 0 atom stereocenters. The largest absolute Gasteiger partial charge is 0.294 e. The van der Waals surface area contributed by atoms with E-state index in [4.69, 9.17) is 5.41 Å². The van der Waals surface area contributed by atoms with Gasteiger partial charge in [-0.3, -0.25) is 10.4 Å². The summed E-state index contributed by atoms with van der Waals surface area (Å²) in [5.41, 5.74) is 2.99. The first kappa shape index (κ1) is 10.4. The van der Waals surface area contributed by atoms with Crippen LogP contribution in [-0.2, 0) is 0 Å². The summed E-state index contributed by atoms with van der Waals surface area (Å²) in [7, 11) is 1.84. The standard InChI is InChI=1S/C8H19N3/c1-6(2)8(9)11(10-5)7(3)4/h6-7,9-10H,1-5H3. The van der Waals surface area contributed by atoms with Gasteiger partial charge in [0.15, 0.2) is 0 Å². The number of hydrogen-bond acceptors (Lipinski definition) is 2. The fourth-order valence-corrected chi connectivity index (χ4v) is 0.935. The van der Waals surface area contributed by atoms with Crippen LogP contribution in [0.1, 0.15) is 27.7 Å². The number of hydrogen-bond donors (Lipinski definition) is 2. The van der Waals surface area contributed by atoms with E-state index in [9.17, 15) is 0 Å². The van der Waals surface area contributed by atoms with Crippen molar-refractivity contribution in [3.8, 4) is 0 Å². The SMILES string of the molecule is CNN(C(=N)C(C)C)C(C)C. The summed E-state index contributed by atoms with van der Waals surface area (Å²) in [6.45, 7) is 8.17. The van der Waals surface area contributed by atoms with Crippen LogP contribution >= 0.6 is 0 Å².